The molecular formula is C46H64N4O12. The first-order valence-corrected chi connectivity index (χ1v) is 22.4. The number of nitrogens with one attached hydrogen (secondary N) is 1. The number of azide groups is 1. The molecule has 6 rings (SSSR count). The number of amides is 1. The predicted molar refractivity (Wildman–Crippen MR) is 227 cm³/mol. The molecular weight excluding hydrogens is 801 g/mol. The van der Waals surface area contributed by atoms with E-state index in [-0.39, 0.29) is 48.1 Å². The lowest BCUT2D eigenvalue weighted by atomic mass is 9.44. The molecule has 0 aliphatic heterocycles. The first kappa shape index (κ1) is 46.8. The van der Waals surface area contributed by atoms with E-state index in [9.17, 15) is 29.1 Å². The third kappa shape index (κ3) is 11.1. The summed E-state index contributed by atoms with van der Waals surface area (Å²) >= 11 is 0. The molecule has 16 heteroatoms. The van der Waals surface area contributed by atoms with E-state index >= 15 is 0 Å². The summed E-state index contributed by atoms with van der Waals surface area (Å²) in [7, 11) is 1.49. The number of carboxylic acid groups (broad SMARTS) is 1. The van der Waals surface area contributed by atoms with Crippen molar-refractivity contribution in [2.45, 2.75) is 116 Å². The summed E-state index contributed by atoms with van der Waals surface area (Å²) < 4.78 is 32.7. The summed E-state index contributed by atoms with van der Waals surface area (Å²) in [6, 6.07) is 4.74. The molecule has 0 spiro atoms. The van der Waals surface area contributed by atoms with Crippen LogP contribution >= 0.6 is 0 Å². The van der Waals surface area contributed by atoms with Crippen LogP contribution in [0.5, 0.6) is 5.75 Å². The second-order valence-corrected chi connectivity index (χ2v) is 18.5. The van der Waals surface area contributed by atoms with Crippen LogP contribution in [0.1, 0.15) is 103 Å². The molecule has 1 amide bonds. The third-order valence-electron chi connectivity index (χ3n) is 15.1. The number of fused-ring (bicyclic) bond motifs is 6. The van der Waals surface area contributed by atoms with Gasteiger partial charge in [0.15, 0.2) is 0 Å². The van der Waals surface area contributed by atoms with E-state index in [4.69, 9.17) is 33.6 Å². The number of hydrogen-bond acceptors (Lipinski definition) is 12. The van der Waals surface area contributed by atoms with Gasteiger partial charge in [-0.1, -0.05) is 25.9 Å². The van der Waals surface area contributed by atoms with E-state index < -0.39 is 35.9 Å². The van der Waals surface area contributed by atoms with E-state index in [1.54, 1.807) is 18.2 Å². The van der Waals surface area contributed by atoms with Gasteiger partial charge >= 0.3 is 23.5 Å². The Kier molecular flexibility index (Phi) is 16.0. The molecule has 1 aromatic heterocycles. The van der Waals surface area contributed by atoms with E-state index in [0.29, 0.717) is 97.9 Å². The molecule has 1 heterocycles. The quantitative estimate of drug-likeness (QED) is 0.0318. The summed E-state index contributed by atoms with van der Waals surface area (Å²) in [4.78, 5) is 66.2. The Morgan fingerprint density at radius 1 is 0.968 bits per heavy atom. The van der Waals surface area contributed by atoms with E-state index in [1.807, 2.05) is 0 Å². The van der Waals surface area contributed by atoms with Gasteiger partial charge in [-0.25, -0.2) is 9.59 Å². The molecule has 3 unspecified atom stereocenters. The fourth-order valence-electron chi connectivity index (χ4n) is 12.1. The van der Waals surface area contributed by atoms with Gasteiger partial charge in [0.05, 0.1) is 46.4 Å². The summed E-state index contributed by atoms with van der Waals surface area (Å²) in [5.74, 6) is 0.870. The van der Waals surface area contributed by atoms with Gasteiger partial charge in [-0.2, -0.15) is 0 Å². The molecule has 340 valence electrons. The number of carboxylic acids is 1. The molecule has 0 radical (unpaired) electrons. The second-order valence-electron chi connectivity index (χ2n) is 18.5. The van der Waals surface area contributed by atoms with Gasteiger partial charge in [0.2, 0.25) is 5.91 Å². The van der Waals surface area contributed by atoms with Crippen molar-refractivity contribution in [2.75, 3.05) is 46.7 Å². The Balaban J connectivity index is 0.970. The number of carbonyl (C=O) groups excluding carboxylic acids is 3. The summed E-state index contributed by atoms with van der Waals surface area (Å²) in [6.45, 7) is 9.15. The zero-order valence-electron chi connectivity index (χ0n) is 36.6. The molecule has 0 saturated heterocycles. The van der Waals surface area contributed by atoms with Gasteiger partial charge in [-0.05, 0) is 134 Å². The SMILES string of the molecule is COc1ccc2c(CC(=O)N[C@@H](CC(=O)O)C(=O)O[C@@H]3CC[C@@]4(C)[C@H](CC[C@H]5[C@@H]6CCC(C(C)CCC(=O)OCCOCCOCCN=[N+]=[N-])C6(C)CC[C@@H]54)C3)cc(=O)oc2c1. The minimum atomic E-state index is -1.38. The number of aliphatic carboxylic acids is 1. The number of nitrogens with zero attached hydrogens (tertiary/aromatic N) is 3. The summed E-state index contributed by atoms with van der Waals surface area (Å²) in [5, 5.41) is 16.2. The molecule has 62 heavy (non-hydrogen) atoms. The Morgan fingerprint density at radius 2 is 1.71 bits per heavy atom. The number of esters is 2. The molecule has 10 atom stereocenters. The van der Waals surface area contributed by atoms with Crippen LogP contribution in [0.3, 0.4) is 0 Å². The first-order valence-electron chi connectivity index (χ1n) is 22.4. The molecule has 0 bridgehead atoms. The largest absolute Gasteiger partial charge is 0.497 e. The number of carbonyl (C=O) groups is 4. The van der Waals surface area contributed by atoms with Gasteiger partial charge in [-0.15, -0.1) is 0 Å². The second kappa shape index (κ2) is 21.1. The van der Waals surface area contributed by atoms with Gasteiger partial charge in [-0.3, -0.25) is 14.4 Å². The van der Waals surface area contributed by atoms with E-state index in [1.165, 1.54) is 32.4 Å². The fourth-order valence-corrected chi connectivity index (χ4v) is 12.1. The highest BCUT2D eigenvalue weighted by Gasteiger charge is 2.60. The predicted octanol–water partition coefficient (Wildman–Crippen LogP) is 7.18. The van der Waals surface area contributed by atoms with Crippen LogP contribution in [0.4, 0.5) is 0 Å². The maximum atomic E-state index is 13.6. The van der Waals surface area contributed by atoms with Crippen molar-refractivity contribution in [3.63, 3.8) is 0 Å². The topological polar surface area (TPSA) is 226 Å². The van der Waals surface area contributed by atoms with E-state index in [2.05, 4.69) is 36.1 Å². The number of benzene rings is 1. The molecule has 4 aliphatic rings. The van der Waals surface area contributed by atoms with Crippen molar-refractivity contribution in [3.8, 4) is 5.75 Å². The highest BCUT2D eigenvalue weighted by molar-refractivity contribution is 5.91. The Labute approximate surface area is 362 Å². The number of rotatable bonds is 21. The van der Waals surface area contributed by atoms with Gasteiger partial charge in [0.25, 0.3) is 0 Å². The maximum Gasteiger partial charge on any atom is 0.336 e. The van der Waals surface area contributed by atoms with Crippen LogP contribution in [-0.2, 0) is 44.5 Å². The van der Waals surface area contributed by atoms with Gasteiger partial charge in [0.1, 0.15) is 30.1 Å². The number of methoxy groups -OCH3 is 1. The van der Waals surface area contributed by atoms with Crippen LogP contribution in [0.25, 0.3) is 21.4 Å². The summed E-state index contributed by atoms with van der Waals surface area (Å²) in [6.07, 6.45) is 9.17. The smallest absolute Gasteiger partial charge is 0.336 e. The Bertz CT molecular complexity index is 2020. The van der Waals surface area contributed by atoms with Gasteiger partial charge < -0.3 is 38.5 Å². The van der Waals surface area contributed by atoms with Crippen molar-refractivity contribution in [2.24, 2.45) is 51.5 Å². The Morgan fingerprint density at radius 3 is 2.47 bits per heavy atom. The lowest BCUT2D eigenvalue weighted by Crippen LogP contribution is -2.54. The highest BCUT2D eigenvalue weighted by atomic mass is 16.6. The zero-order chi connectivity index (χ0) is 44.4. The normalized spacial score (nSPS) is 28.6. The van der Waals surface area contributed by atoms with Crippen molar-refractivity contribution in [3.05, 3.63) is 50.7 Å². The standard InChI is InChI=1S/C46H64N4O12/c1-28(5-12-42(54)60-22-21-59-20-19-58-18-17-48-50-47)35-10-11-36-34-8-6-30-25-32(13-15-45(30,2)37(34)14-16-46(35,36)3)61-44(56)38(27-41(52)53)49-40(51)23-29-24-43(55)62-39-26-31(57-4)7-9-33(29)39/h7,9,24,26,28,30,32,34-38H,5-6,8,10-23,25,27H2,1-4H3,(H,49,51)(H,52,53)/t28?,30-,32-,34+,35?,36+,37+,38+,45+,46?/m1/s1. The minimum Gasteiger partial charge on any atom is -0.497 e. The lowest BCUT2D eigenvalue weighted by molar-refractivity contribution is -0.167. The molecule has 4 fully saturated rings. The van der Waals surface area contributed by atoms with Crippen molar-refractivity contribution < 1.29 is 52.4 Å². The first-order chi connectivity index (χ1) is 29.7. The molecule has 4 aliphatic carbocycles. The third-order valence-corrected chi connectivity index (χ3v) is 15.1. The summed E-state index contributed by atoms with van der Waals surface area (Å²) in [5.41, 5.74) is 8.61. The van der Waals surface area contributed by atoms with Crippen LogP contribution < -0.4 is 15.7 Å². The average Bonchev–Trinajstić information content (AvgIpc) is 3.60. The number of ether oxygens (including phenoxy) is 5. The van der Waals surface area contributed by atoms with Crippen LogP contribution in [0.15, 0.2) is 38.6 Å². The van der Waals surface area contributed by atoms with Crippen molar-refractivity contribution in [1.82, 2.24) is 5.32 Å². The fraction of sp³-hybridized carbons (Fsp3) is 0.717. The highest BCUT2D eigenvalue weighted by Crippen LogP contribution is 2.68. The van der Waals surface area contributed by atoms with Gasteiger partial charge in [0, 0.05) is 35.4 Å². The number of hydrogen-bond donors (Lipinski definition) is 2. The molecule has 2 aromatic rings. The van der Waals surface area contributed by atoms with Crippen LogP contribution in [0, 0.1) is 46.3 Å². The molecule has 16 nitrogen and oxygen atoms in total. The lowest BCUT2D eigenvalue weighted by Gasteiger charge is -2.61. The van der Waals surface area contributed by atoms with E-state index in [0.717, 1.165) is 32.1 Å². The molecule has 4 saturated carbocycles. The zero-order valence-corrected chi connectivity index (χ0v) is 36.6. The van der Waals surface area contributed by atoms with Crippen molar-refractivity contribution >= 4 is 34.8 Å². The average molecular weight is 865 g/mol. The molecule has 1 aromatic carbocycles. The van der Waals surface area contributed by atoms with Crippen LogP contribution in [0.2, 0.25) is 0 Å². The molecule has 2 N–H and O–H groups in total. The van der Waals surface area contributed by atoms with Crippen LogP contribution in [-0.4, -0.2) is 87.8 Å². The monoisotopic (exact) mass is 864 g/mol. The minimum absolute atomic E-state index is 0.119. The Hall–Kier alpha value is -4.66. The van der Waals surface area contributed by atoms with Crippen molar-refractivity contribution in [1.29, 1.82) is 0 Å². The maximum absolute atomic E-state index is 13.6.